The second kappa shape index (κ2) is 5.48. The quantitative estimate of drug-likeness (QED) is 0.753. The van der Waals surface area contributed by atoms with Gasteiger partial charge in [-0.25, -0.2) is 0 Å². The van der Waals surface area contributed by atoms with Gasteiger partial charge in [0.15, 0.2) is 0 Å². The summed E-state index contributed by atoms with van der Waals surface area (Å²) in [5.74, 6) is 0.969. The SMILES string of the molecule is CNC(CN1CCC(N(C)C)CC1)C1CC1. The number of likely N-dealkylation sites (tertiary alicyclic amines) is 1. The van der Waals surface area contributed by atoms with E-state index >= 15 is 0 Å². The van der Waals surface area contributed by atoms with Crippen molar-refractivity contribution < 1.29 is 0 Å². The number of hydrogen-bond donors (Lipinski definition) is 1. The lowest BCUT2D eigenvalue weighted by molar-refractivity contribution is 0.133. The number of likely N-dealkylation sites (N-methyl/N-ethyl adjacent to an activating group) is 1. The predicted octanol–water partition coefficient (Wildman–Crippen LogP) is 1.01. The van der Waals surface area contributed by atoms with Gasteiger partial charge in [0.1, 0.15) is 0 Å². The number of nitrogens with one attached hydrogen (secondary N) is 1. The lowest BCUT2D eigenvalue weighted by atomic mass is 10.0. The molecule has 3 heteroatoms. The van der Waals surface area contributed by atoms with Gasteiger partial charge in [0.2, 0.25) is 0 Å². The molecule has 1 aliphatic heterocycles. The molecular formula is C13H27N3. The second-order valence-electron chi connectivity index (χ2n) is 5.73. The van der Waals surface area contributed by atoms with E-state index in [1.54, 1.807) is 0 Å². The summed E-state index contributed by atoms with van der Waals surface area (Å²) in [5, 5.41) is 3.49. The average molecular weight is 225 g/mol. The third-order valence-corrected chi connectivity index (χ3v) is 4.30. The van der Waals surface area contributed by atoms with Crippen molar-refractivity contribution in [2.75, 3.05) is 40.8 Å². The fraction of sp³-hybridized carbons (Fsp3) is 1.00. The highest BCUT2D eigenvalue weighted by Gasteiger charge is 2.32. The molecule has 0 aromatic heterocycles. The fourth-order valence-corrected chi connectivity index (χ4v) is 2.87. The van der Waals surface area contributed by atoms with Gasteiger partial charge in [-0.1, -0.05) is 0 Å². The average Bonchev–Trinajstić information content (AvgIpc) is 3.10. The van der Waals surface area contributed by atoms with Gasteiger partial charge in [-0.3, -0.25) is 0 Å². The van der Waals surface area contributed by atoms with Crippen molar-refractivity contribution in [3.8, 4) is 0 Å². The molecule has 1 N–H and O–H groups in total. The van der Waals surface area contributed by atoms with Gasteiger partial charge in [0.25, 0.3) is 0 Å². The first kappa shape index (κ1) is 12.3. The maximum absolute atomic E-state index is 3.49. The molecule has 2 aliphatic rings. The summed E-state index contributed by atoms with van der Waals surface area (Å²) in [6.07, 6.45) is 5.57. The fourth-order valence-electron chi connectivity index (χ4n) is 2.87. The number of hydrogen-bond acceptors (Lipinski definition) is 3. The summed E-state index contributed by atoms with van der Waals surface area (Å²) in [6.45, 7) is 3.84. The Labute approximate surface area is 100 Å². The molecule has 1 heterocycles. The highest BCUT2D eigenvalue weighted by Crippen LogP contribution is 2.33. The maximum Gasteiger partial charge on any atom is 0.0220 e. The summed E-state index contributed by atoms with van der Waals surface area (Å²) < 4.78 is 0. The minimum atomic E-state index is 0.746. The minimum Gasteiger partial charge on any atom is -0.315 e. The van der Waals surface area contributed by atoms with E-state index in [9.17, 15) is 0 Å². The molecule has 1 unspecified atom stereocenters. The molecule has 0 bridgehead atoms. The van der Waals surface area contributed by atoms with E-state index in [1.165, 1.54) is 45.3 Å². The molecule has 0 aromatic rings. The lowest BCUT2D eigenvalue weighted by Gasteiger charge is -2.36. The molecule has 94 valence electrons. The molecule has 1 aliphatic carbocycles. The molecule has 2 fully saturated rings. The topological polar surface area (TPSA) is 18.5 Å². The van der Waals surface area contributed by atoms with Gasteiger partial charge in [-0.2, -0.15) is 0 Å². The lowest BCUT2D eigenvalue weighted by Crippen LogP contribution is -2.47. The molecule has 1 saturated heterocycles. The van der Waals surface area contributed by atoms with E-state index in [4.69, 9.17) is 0 Å². The Hall–Kier alpha value is -0.120. The number of piperidine rings is 1. The normalized spacial score (nSPS) is 26.2. The van der Waals surface area contributed by atoms with Crippen molar-refractivity contribution in [2.45, 2.75) is 37.8 Å². The molecule has 0 amide bonds. The Morgan fingerprint density at radius 3 is 2.25 bits per heavy atom. The molecule has 1 saturated carbocycles. The van der Waals surface area contributed by atoms with Crippen LogP contribution in [0.25, 0.3) is 0 Å². The zero-order valence-electron chi connectivity index (χ0n) is 11.1. The molecular weight excluding hydrogens is 198 g/mol. The molecule has 0 radical (unpaired) electrons. The van der Waals surface area contributed by atoms with Crippen LogP contribution < -0.4 is 5.32 Å². The van der Waals surface area contributed by atoms with Crippen LogP contribution in [-0.4, -0.2) is 62.7 Å². The van der Waals surface area contributed by atoms with E-state index < -0.39 is 0 Å². The van der Waals surface area contributed by atoms with Gasteiger partial charge in [0.05, 0.1) is 0 Å². The summed E-state index contributed by atoms with van der Waals surface area (Å²) in [7, 11) is 6.54. The van der Waals surface area contributed by atoms with Crippen LogP contribution in [0.5, 0.6) is 0 Å². The summed E-state index contributed by atoms with van der Waals surface area (Å²) >= 11 is 0. The number of rotatable bonds is 5. The van der Waals surface area contributed by atoms with E-state index in [-0.39, 0.29) is 0 Å². The van der Waals surface area contributed by atoms with Crippen molar-refractivity contribution in [2.24, 2.45) is 5.92 Å². The summed E-state index contributed by atoms with van der Waals surface area (Å²) in [5.41, 5.74) is 0. The first-order valence-electron chi connectivity index (χ1n) is 6.76. The van der Waals surface area contributed by atoms with Crippen LogP contribution in [-0.2, 0) is 0 Å². The van der Waals surface area contributed by atoms with Gasteiger partial charge < -0.3 is 15.1 Å². The third kappa shape index (κ3) is 3.19. The molecule has 1 atom stereocenters. The van der Waals surface area contributed by atoms with E-state index in [1.807, 2.05) is 0 Å². The Morgan fingerprint density at radius 2 is 1.81 bits per heavy atom. The number of nitrogens with zero attached hydrogens (tertiary/aromatic N) is 2. The zero-order chi connectivity index (χ0) is 11.5. The molecule has 2 rings (SSSR count). The summed E-state index contributed by atoms with van der Waals surface area (Å²) in [4.78, 5) is 5.03. The largest absolute Gasteiger partial charge is 0.315 e. The van der Waals surface area contributed by atoms with Crippen LogP contribution >= 0.6 is 0 Å². The van der Waals surface area contributed by atoms with Gasteiger partial charge in [-0.05, 0) is 65.8 Å². The first-order valence-corrected chi connectivity index (χ1v) is 6.76. The standard InChI is InChI=1S/C13H27N3/c1-14-13(11-4-5-11)10-16-8-6-12(7-9-16)15(2)3/h11-14H,4-10H2,1-3H3. The van der Waals surface area contributed by atoms with Crippen LogP contribution in [0.2, 0.25) is 0 Å². The van der Waals surface area contributed by atoms with Crippen LogP contribution in [0, 0.1) is 5.92 Å². The molecule has 3 nitrogen and oxygen atoms in total. The van der Waals surface area contributed by atoms with Crippen molar-refractivity contribution in [3.63, 3.8) is 0 Å². The highest BCUT2D eigenvalue weighted by atomic mass is 15.2. The van der Waals surface area contributed by atoms with Crippen LogP contribution in [0.15, 0.2) is 0 Å². The minimum absolute atomic E-state index is 0.746. The van der Waals surface area contributed by atoms with E-state index in [0.717, 1.165) is 18.0 Å². The Bertz CT molecular complexity index is 205. The molecule has 16 heavy (non-hydrogen) atoms. The predicted molar refractivity (Wildman–Crippen MR) is 68.7 cm³/mol. The second-order valence-corrected chi connectivity index (χ2v) is 5.73. The molecule has 0 aromatic carbocycles. The Morgan fingerprint density at radius 1 is 1.19 bits per heavy atom. The van der Waals surface area contributed by atoms with Gasteiger partial charge >= 0.3 is 0 Å². The van der Waals surface area contributed by atoms with Crippen LogP contribution in [0.4, 0.5) is 0 Å². The molecule has 0 spiro atoms. The Balaban J connectivity index is 1.71. The highest BCUT2D eigenvalue weighted by molar-refractivity contribution is 4.89. The zero-order valence-corrected chi connectivity index (χ0v) is 11.1. The van der Waals surface area contributed by atoms with Crippen molar-refractivity contribution >= 4 is 0 Å². The van der Waals surface area contributed by atoms with E-state index in [0.29, 0.717) is 0 Å². The first-order chi connectivity index (χ1) is 7.70. The van der Waals surface area contributed by atoms with Crippen molar-refractivity contribution in [1.82, 2.24) is 15.1 Å². The monoisotopic (exact) mass is 225 g/mol. The van der Waals surface area contributed by atoms with Crippen LogP contribution in [0.3, 0.4) is 0 Å². The third-order valence-electron chi connectivity index (χ3n) is 4.30. The smallest absolute Gasteiger partial charge is 0.0220 e. The van der Waals surface area contributed by atoms with Crippen LogP contribution in [0.1, 0.15) is 25.7 Å². The van der Waals surface area contributed by atoms with E-state index in [2.05, 4.69) is 36.3 Å². The van der Waals surface area contributed by atoms with Crippen molar-refractivity contribution in [1.29, 1.82) is 0 Å². The van der Waals surface area contributed by atoms with Gasteiger partial charge in [-0.15, -0.1) is 0 Å². The Kier molecular flexibility index (Phi) is 4.22. The van der Waals surface area contributed by atoms with Gasteiger partial charge in [0, 0.05) is 18.6 Å². The maximum atomic E-state index is 3.49. The van der Waals surface area contributed by atoms with Crippen molar-refractivity contribution in [3.05, 3.63) is 0 Å². The summed E-state index contributed by atoms with van der Waals surface area (Å²) in [6, 6.07) is 1.56.